The highest BCUT2D eigenvalue weighted by atomic mass is 16.5. The summed E-state index contributed by atoms with van der Waals surface area (Å²) in [5, 5.41) is 4.09. The number of para-hydroxylation sites is 1. The molecule has 0 radical (unpaired) electrons. The number of carbonyl (C=O) groups is 1. The van der Waals surface area contributed by atoms with E-state index < -0.39 is 0 Å². The van der Waals surface area contributed by atoms with Gasteiger partial charge in [-0.05, 0) is 31.9 Å². The van der Waals surface area contributed by atoms with Crippen LogP contribution in [0.5, 0.6) is 5.75 Å². The van der Waals surface area contributed by atoms with Gasteiger partial charge in [-0.1, -0.05) is 39.0 Å². The van der Waals surface area contributed by atoms with Crippen molar-refractivity contribution in [2.45, 2.75) is 41.5 Å². The largest absolute Gasteiger partial charge is 0.483 e. The molecule has 4 nitrogen and oxygen atoms in total. The van der Waals surface area contributed by atoms with Crippen LogP contribution in [-0.4, -0.2) is 18.2 Å². The van der Waals surface area contributed by atoms with Gasteiger partial charge < -0.3 is 4.74 Å². The Kier molecular flexibility index (Phi) is 5.31. The third-order valence-electron chi connectivity index (χ3n) is 3.19. The first-order valence-corrected chi connectivity index (χ1v) is 6.74. The number of carbonyl (C=O) groups excluding carboxylic acids is 1. The molecule has 1 aromatic carbocycles. The van der Waals surface area contributed by atoms with Gasteiger partial charge in [-0.25, -0.2) is 5.43 Å². The Balaban J connectivity index is 2.57. The number of hydrogen-bond donors (Lipinski definition) is 1. The van der Waals surface area contributed by atoms with E-state index >= 15 is 0 Å². The molecule has 0 aromatic heterocycles. The molecule has 0 fully saturated rings. The van der Waals surface area contributed by atoms with Crippen LogP contribution in [0.1, 0.15) is 38.8 Å². The molecule has 0 aliphatic rings. The molecule has 0 aliphatic carbocycles. The molecule has 4 heteroatoms. The van der Waals surface area contributed by atoms with Gasteiger partial charge in [-0.15, -0.1) is 0 Å². The van der Waals surface area contributed by atoms with Crippen LogP contribution in [0, 0.1) is 19.3 Å². The fourth-order valence-corrected chi connectivity index (χ4v) is 1.51. The number of hydrogen-bond acceptors (Lipinski definition) is 3. The van der Waals surface area contributed by atoms with E-state index in [9.17, 15) is 4.79 Å². The number of amides is 1. The Labute approximate surface area is 121 Å². The zero-order valence-corrected chi connectivity index (χ0v) is 13.2. The van der Waals surface area contributed by atoms with Crippen LogP contribution in [0.15, 0.2) is 23.3 Å². The van der Waals surface area contributed by atoms with E-state index in [1.807, 2.05) is 59.7 Å². The van der Waals surface area contributed by atoms with Crippen LogP contribution in [0.2, 0.25) is 0 Å². The normalized spacial score (nSPS) is 12.2. The summed E-state index contributed by atoms with van der Waals surface area (Å²) in [5.41, 5.74) is 5.38. The molecule has 0 atom stereocenters. The fraction of sp³-hybridized carbons (Fsp3) is 0.500. The van der Waals surface area contributed by atoms with Crippen molar-refractivity contribution >= 4 is 11.6 Å². The number of hydrazone groups is 1. The number of nitrogens with one attached hydrogen (secondary N) is 1. The Morgan fingerprint density at radius 3 is 2.30 bits per heavy atom. The Bertz CT molecular complexity index is 493. The van der Waals surface area contributed by atoms with Crippen LogP contribution in [0.25, 0.3) is 0 Å². The molecule has 110 valence electrons. The monoisotopic (exact) mass is 276 g/mol. The van der Waals surface area contributed by atoms with E-state index in [2.05, 4.69) is 10.5 Å². The smallest absolute Gasteiger partial charge is 0.277 e. The van der Waals surface area contributed by atoms with Gasteiger partial charge in [0.05, 0.1) is 0 Å². The number of aryl methyl sites for hydroxylation is 2. The van der Waals surface area contributed by atoms with E-state index in [0.29, 0.717) is 0 Å². The van der Waals surface area contributed by atoms with Crippen molar-refractivity contribution in [1.82, 2.24) is 5.43 Å². The Morgan fingerprint density at radius 2 is 1.80 bits per heavy atom. The van der Waals surface area contributed by atoms with Crippen LogP contribution in [0.4, 0.5) is 0 Å². The van der Waals surface area contributed by atoms with E-state index in [1.165, 1.54) is 0 Å². The van der Waals surface area contributed by atoms with Crippen molar-refractivity contribution in [2.24, 2.45) is 10.5 Å². The predicted octanol–water partition coefficient (Wildman–Crippen LogP) is 3.22. The van der Waals surface area contributed by atoms with Crippen molar-refractivity contribution in [2.75, 3.05) is 6.61 Å². The molecule has 1 aromatic rings. The first-order valence-electron chi connectivity index (χ1n) is 6.74. The zero-order valence-electron chi connectivity index (χ0n) is 13.2. The maximum Gasteiger partial charge on any atom is 0.277 e. The van der Waals surface area contributed by atoms with E-state index in [0.717, 1.165) is 22.6 Å². The zero-order chi connectivity index (χ0) is 15.3. The van der Waals surface area contributed by atoms with Gasteiger partial charge in [0.15, 0.2) is 6.61 Å². The molecule has 1 amide bonds. The molecule has 0 heterocycles. The van der Waals surface area contributed by atoms with E-state index in [-0.39, 0.29) is 17.9 Å². The van der Waals surface area contributed by atoms with Gasteiger partial charge in [-0.2, -0.15) is 5.10 Å². The molecule has 1 N–H and O–H groups in total. The average molecular weight is 276 g/mol. The first-order chi connectivity index (χ1) is 9.21. The van der Waals surface area contributed by atoms with Gasteiger partial charge in [0.1, 0.15) is 5.75 Å². The number of ether oxygens (including phenoxy) is 1. The number of nitrogens with zero attached hydrogens (tertiary/aromatic N) is 1. The molecule has 0 bridgehead atoms. The van der Waals surface area contributed by atoms with Crippen molar-refractivity contribution in [1.29, 1.82) is 0 Å². The summed E-state index contributed by atoms with van der Waals surface area (Å²) in [7, 11) is 0. The molecule has 0 saturated heterocycles. The second-order valence-corrected chi connectivity index (χ2v) is 5.99. The standard InChI is InChI=1S/C16H24N2O2/c1-11-8-7-9-12(2)15(11)20-10-14(19)18-17-13(3)16(4,5)6/h7-9H,10H2,1-6H3,(H,18,19). The third-order valence-corrected chi connectivity index (χ3v) is 3.19. The second-order valence-electron chi connectivity index (χ2n) is 5.99. The van der Waals surface area contributed by atoms with Crippen LogP contribution < -0.4 is 10.2 Å². The number of benzene rings is 1. The minimum Gasteiger partial charge on any atom is -0.483 e. The van der Waals surface area contributed by atoms with Gasteiger partial charge in [0, 0.05) is 11.1 Å². The van der Waals surface area contributed by atoms with Crippen molar-refractivity contribution in [3.8, 4) is 5.75 Å². The molecular formula is C16H24N2O2. The summed E-state index contributed by atoms with van der Waals surface area (Å²) < 4.78 is 5.57. The predicted molar refractivity (Wildman–Crippen MR) is 82.1 cm³/mol. The summed E-state index contributed by atoms with van der Waals surface area (Å²) in [5.74, 6) is 0.510. The molecule has 0 spiro atoms. The van der Waals surface area contributed by atoms with Crippen molar-refractivity contribution in [3.05, 3.63) is 29.3 Å². The van der Waals surface area contributed by atoms with E-state index in [4.69, 9.17) is 4.74 Å². The molecule has 0 saturated carbocycles. The Hall–Kier alpha value is -1.84. The highest BCUT2D eigenvalue weighted by Crippen LogP contribution is 2.22. The highest BCUT2D eigenvalue weighted by molar-refractivity contribution is 5.88. The first kappa shape index (κ1) is 16.2. The summed E-state index contributed by atoms with van der Waals surface area (Å²) in [6.07, 6.45) is 0. The maximum absolute atomic E-state index is 11.7. The molecule has 20 heavy (non-hydrogen) atoms. The van der Waals surface area contributed by atoms with Gasteiger partial charge >= 0.3 is 0 Å². The van der Waals surface area contributed by atoms with Gasteiger partial charge in [-0.3, -0.25) is 4.79 Å². The third kappa shape index (κ3) is 4.68. The van der Waals surface area contributed by atoms with Crippen LogP contribution in [0.3, 0.4) is 0 Å². The topological polar surface area (TPSA) is 50.7 Å². The van der Waals surface area contributed by atoms with Crippen LogP contribution >= 0.6 is 0 Å². The lowest BCUT2D eigenvalue weighted by Crippen LogP contribution is -2.28. The van der Waals surface area contributed by atoms with Gasteiger partial charge in [0.25, 0.3) is 5.91 Å². The molecule has 0 aliphatic heterocycles. The summed E-state index contributed by atoms with van der Waals surface area (Å²) in [4.78, 5) is 11.7. The SMILES string of the molecule is CC(=NNC(=O)COc1c(C)cccc1C)C(C)(C)C. The summed E-state index contributed by atoms with van der Waals surface area (Å²) >= 11 is 0. The lowest BCUT2D eigenvalue weighted by Gasteiger charge is -2.17. The fourth-order valence-electron chi connectivity index (χ4n) is 1.51. The molecule has 0 unspecified atom stereocenters. The lowest BCUT2D eigenvalue weighted by atomic mass is 9.91. The lowest BCUT2D eigenvalue weighted by molar-refractivity contribution is -0.123. The molecular weight excluding hydrogens is 252 g/mol. The highest BCUT2D eigenvalue weighted by Gasteiger charge is 2.14. The maximum atomic E-state index is 11.7. The van der Waals surface area contributed by atoms with Gasteiger partial charge in [0.2, 0.25) is 0 Å². The number of rotatable bonds is 4. The average Bonchev–Trinajstić information content (AvgIpc) is 2.34. The van der Waals surface area contributed by atoms with Crippen molar-refractivity contribution in [3.63, 3.8) is 0 Å². The van der Waals surface area contributed by atoms with E-state index in [1.54, 1.807) is 0 Å². The quantitative estimate of drug-likeness (QED) is 0.678. The minimum atomic E-state index is -0.253. The van der Waals surface area contributed by atoms with Crippen molar-refractivity contribution < 1.29 is 9.53 Å². The second kappa shape index (κ2) is 6.55. The summed E-state index contributed by atoms with van der Waals surface area (Å²) in [6, 6.07) is 5.89. The molecule has 1 rings (SSSR count). The Morgan fingerprint density at radius 1 is 1.25 bits per heavy atom. The van der Waals surface area contributed by atoms with Crippen LogP contribution in [-0.2, 0) is 4.79 Å². The minimum absolute atomic E-state index is 0.0351. The summed E-state index contributed by atoms with van der Waals surface area (Å²) in [6.45, 7) is 11.9.